The average Bonchev–Trinajstić information content (AvgIpc) is 3.39. The number of aromatic amines is 2. The quantitative estimate of drug-likeness (QED) is 0.683. The number of fused-ring (bicyclic) bond motifs is 1. The third-order valence-corrected chi connectivity index (χ3v) is 4.31. The van der Waals surface area contributed by atoms with Crippen molar-refractivity contribution in [2.75, 3.05) is 0 Å². The van der Waals surface area contributed by atoms with Gasteiger partial charge in [-0.2, -0.15) is 4.57 Å². The molecule has 0 bridgehead atoms. The van der Waals surface area contributed by atoms with Gasteiger partial charge in [0.2, 0.25) is 0 Å². The Bertz CT molecular complexity index is 1330. The predicted molar refractivity (Wildman–Crippen MR) is 115 cm³/mol. The Balaban J connectivity index is 1.85. The van der Waals surface area contributed by atoms with Crippen molar-refractivity contribution in [2.24, 2.45) is 4.99 Å². The van der Waals surface area contributed by atoms with E-state index in [2.05, 4.69) is 19.9 Å². The number of allylic oxidation sites excluding steroid dienone is 2. The standard InChI is InChI=1S/C22H21N5O3/c1-22(2,3)30-21(29)27-19(26-18(20(27)28)10-15-12-23-13-25-15)9-8-14-11-24-17-7-5-4-6-16(14)17/h4-13,26H,1-3H3,(H,23,25)/b14-8?,18-10-,19-9?. The molecule has 8 heteroatoms. The summed E-state index contributed by atoms with van der Waals surface area (Å²) in [5, 5.41) is 0.232. The number of para-hydroxylation sites is 1. The Hall–Kier alpha value is -3.94. The van der Waals surface area contributed by atoms with E-state index in [1.807, 2.05) is 24.3 Å². The third-order valence-electron chi connectivity index (χ3n) is 4.31. The summed E-state index contributed by atoms with van der Waals surface area (Å²) in [6, 6.07) is 7.75. The zero-order valence-corrected chi connectivity index (χ0v) is 16.8. The zero-order valence-electron chi connectivity index (χ0n) is 16.8. The molecular formula is C22H21N5O3. The fourth-order valence-corrected chi connectivity index (χ4v) is 3.02. The van der Waals surface area contributed by atoms with Gasteiger partial charge in [0.15, 0.2) is 0 Å². The molecule has 0 amide bonds. The van der Waals surface area contributed by atoms with Gasteiger partial charge in [0.25, 0.3) is 5.56 Å². The molecule has 4 rings (SSSR count). The molecule has 3 heterocycles. The van der Waals surface area contributed by atoms with Crippen LogP contribution in [-0.2, 0) is 4.74 Å². The minimum Gasteiger partial charge on any atom is -0.443 e. The van der Waals surface area contributed by atoms with E-state index in [0.717, 1.165) is 21.4 Å². The first-order valence-corrected chi connectivity index (χ1v) is 9.42. The number of carbonyl (C=O) groups is 1. The van der Waals surface area contributed by atoms with Crippen molar-refractivity contribution in [1.29, 1.82) is 0 Å². The second-order valence-electron chi connectivity index (χ2n) is 7.76. The number of imidazole rings is 2. The molecule has 2 aromatic heterocycles. The van der Waals surface area contributed by atoms with Gasteiger partial charge in [-0.05, 0) is 45.1 Å². The molecule has 8 nitrogen and oxygen atoms in total. The van der Waals surface area contributed by atoms with Gasteiger partial charge in [-0.15, -0.1) is 0 Å². The Kier molecular flexibility index (Phi) is 4.83. The molecule has 1 aromatic carbocycles. The van der Waals surface area contributed by atoms with Crippen molar-refractivity contribution in [3.05, 3.63) is 75.3 Å². The minimum atomic E-state index is -0.752. The summed E-state index contributed by atoms with van der Waals surface area (Å²) in [6.07, 6.45) is 9.15. The number of ether oxygens (including phenoxy) is 1. The summed E-state index contributed by atoms with van der Waals surface area (Å²) in [6.45, 7) is 5.24. The Morgan fingerprint density at radius 2 is 2.00 bits per heavy atom. The van der Waals surface area contributed by atoms with E-state index in [0.29, 0.717) is 11.2 Å². The lowest BCUT2D eigenvalue weighted by Crippen LogP contribution is -2.40. The van der Waals surface area contributed by atoms with Crippen molar-refractivity contribution >= 4 is 35.7 Å². The van der Waals surface area contributed by atoms with E-state index < -0.39 is 17.3 Å². The van der Waals surface area contributed by atoms with E-state index in [-0.39, 0.29) is 5.35 Å². The highest BCUT2D eigenvalue weighted by molar-refractivity contribution is 6.17. The van der Waals surface area contributed by atoms with Gasteiger partial charge in [0.05, 0.1) is 23.9 Å². The molecule has 152 valence electrons. The number of nitrogens with zero attached hydrogens (tertiary/aromatic N) is 3. The number of benzene rings is 1. The van der Waals surface area contributed by atoms with Crippen molar-refractivity contribution in [2.45, 2.75) is 26.4 Å². The molecule has 2 N–H and O–H groups in total. The highest BCUT2D eigenvalue weighted by Crippen LogP contribution is 2.30. The van der Waals surface area contributed by atoms with Crippen LogP contribution in [-0.4, -0.2) is 37.4 Å². The fourth-order valence-electron chi connectivity index (χ4n) is 3.02. The van der Waals surface area contributed by atoms with Gasteiger partial charge in [-0.3, -0.25) is 9.79 Å². The first-order chi connectivity index (χ1) is 14.3. The molecule has 0 atom stereocenters. The molecule has 0 radical (unpaired) electrons. The van der Waals surface area contributed by atoms with Crippen LogP contribution >= 0.6 is 0 Å². The molecule has 1 aliphatic heterocycles. The van der Waals surface area contributed by atoms with Crippen molar-refractivity contribution in [3.8, 4) is 0 Å². The van der Waals surface area contributed by atoms with Crippen LogP contribution in [0.15, 0.2) is 52.7 Å². The summed E-state index contributed by atoms with van der Waals surface area (Å²) >= 11 is 0. The first-order valence-electron chi connectivity index (χ1n) is 9.42. The van der Waals surface area contributed by atoms with Crippen LogP contribution in [0.4, 0.5) is 10.5 Å². The molecule has 0 aliphatic carbocycles. The van der Waals surface area contributed by atoms with Crippen LogP contribution < -0.4 is 16.4 Å². The van der Waals surface area contributed by atoms with Crippen molar-refractivity contribution in [3.63, 3.8) is 0 Å². The summed E-state index contributed by atoms with van der Waals surface area (Å²) in [5.41, 5.74) is 2.41. The van der Waals surface area contributed by atoms with Gasteiger partial charge in [-0.25, -0.2) is 9.78 Å². The SMILES string of the molecule is CC(C)(C)OC(=O)n1c(=CC=C2C=Nc3ccccc32)[nH]/c(=C\c2cnc[nH]2)c1=O. The molecule has 3 aromatic rings. The number of H-pyrrole nitrogens is 2. The summed E-state index contributed by atoms with van der Waals surface area (Å²) < 4.78 is 6.41. The van der Waals surface area contributed by atoms with Crippen LogP contribution in [0.5, 0.6) is 0 Å². The van der Waals surface area contributed by atoms with E-state index >= 15 is 0 Å². The van der Waals surface area contributed by atoms with E-state index in [1.165, 1.54) is 6.33 Å². The molecule has 30 heavy (non-hydrogen) atoms. The summed E-state index contributed by atoms with van der Waals surface area (Å²) in [5.74, 6) is 0. The molecule has 0 saturated carbocycles. The highest BCUT2D eigenvalue weighted by Gasteiger charge is 2.21. The third kappa shape index (κ3) is 3.93. The maximum atomic E-state index is 12.9. The van der Waals surface area contributed by atoms with Crippen molar-refractivity contribution < 1.29 is 9.53 Å². The number of nitrogens with one attached hydrogen (secondary N) is 2. The summed E-state index contributed by atoms with van der Waals surface area (Å²) in [4.78, 5) is 39.9. The highest BCUT2D eigenvalue weighted by atomic mass is 16.6. The monoisotopic (exact) mass is 403 g/mol. The second-order valence-corrected chi connectivity index (χ2v) is 7.76. The van der Waals surface area contributed by atoms with Crippen LogP contribution in [0.2, 0.25) is 0 Å². The first kappa shape index (κ1) is 19.4. The van der Waals surface area contributed by atoms with E-state index in [1.54, 1.807) is 51.4 Å². The van der Waals surface area contributed by atoms with E-state index in [9.17, 15) is 9.59 Å². The zero-order chi connectivity index (χ0) is 21.3. The van der Waals surface area contributed by atoms with Crippen LogP contribution in [0, 0.1) is 0 Å². The van der Waals surface area contributed by atoms with Gasteiger partial charge < -0.3 is 14.7 Å². The average molecular weight is 403 g/mol. The van der Waals surface area contributed by atoms with Crippen LogP contribution in [0.25, 0.3) is 17.7 Å². The lowest BCUT2D eigenvalue weighted by molar-refractivity contribution is 0.0526. The molecule has 0 fully saturated rings. The topological polar surface area (TPSA) is 105 Å². The Morgan fingerprint density at radius 1 is 1.20 bits per heavy atom. The van der Waals surface area contributed by atoms with Gasteiger partial charge >= 0.3 is 6.09 Å². The van der Waals surface area contributed by atoms with Gasteiger partial charge in [0.1, 0.15) is 16.4 Å². The Labute approximate surface area is 172 Å². The maximum Gasteiger partial charge on any atom is 0.423 e. The van der Waals surface area contributed by atoms with Gasteiger partial charge in [0, 0.05) is 17.4 Å². The molecule has 0 unspecified atom stereocenters. The smallest absolute Gasteiger partial charge is 0.423 e. The Morgan fingerprint density at radius 3 is 2.73 bits per heavy atom. The fraction of sp³-hybridized carbons (Fsp3) is 0.182. The minimum absolute atomic E-state index is 0.232. The van der Waals surface area contributed by atoms with Crippen LogP contribution in [0.1, 0.15) is 32.0 Å². The van der Waals surface area contributed by atoms with Gasteiger partial charge in [-0.1, -0.05) is 18.2 Å². The maximum absolute atomic E-state index is 12.9. The summed E-state index contributed by atoms with van der Waals surface area (Å²) in [7, 11) is 0. The number of aromatic nitrogens is 4. The van der Waals surface area contributed by atoms with Crippen molar-refractivity contribution in [1.82, 2.24) is 19.5 Å². The number of carbonyl (C=O) groups excluding carboxylic acids is 1. The number of rotatable bonds is 2. The number of aliphatic imine (C=N–C) groups is 1. The number of hydrogen-bond acceptors (Lipinski definition) is 5. The molecular weight excluding hydrogens is 382 g/mol. The second kappa shape index (κ2) is 7.47. The molecule has 0 spiro atoms. The molecule has 0 saturated heterocycles. The predicted octanol–water partition coefficient (Wildman–Crippen LogP) is 2.09. The lowest BCUT2D eigenvalue weighted by atomic mass is 10.1. The van der Waals surface area contributed by atoms with E-state index in [4.69, 9.17) is 4.74 Å². The largest absolute Gasteiger partial charge is 0.443 e. The van der Waals surface area contributed by atoms with Crippen LogP contribution in [0.3, 0.4) is 0 Å². The lowest BCUT2D eigenvalue weighted by Gasteiger charge is -2.19. The molecule has 1 aliphatic rings. The normalized spacial score (nSPS) is 15.8. The number of hydrogen-bond donors (Lipinski definition) is 2.